The zero-order chi connectivity index (χ0) is 21.8. The molecule has 0 saturated heterocycles. The van der Waals surface area contributed by atoms with E-state index >= 15 is 0 Å². The minimum absolute atomic E-state index is 0.0340. The second-order valence-electron chi connectivity index (χ2n) is 6.48. The van der Waals surface area contributed by atoms with Gasteiger partial charge in [0.05, 0.1) is 4.90 Å². The molecule has 2 N–H and O–H groups in total. The van der Waals surface area contributed by atoms with Gasteiger partial charge in [-0.1, -0.05) is 48.0 Å². The third-order valence-electron chi connectivity index (χ3n) is 4.32. The van der Waals surface area contributed by atoms with Crippen LogP contribution in [-0.2, 0) is 10.0 Å². The average molecular weight is 454 g/mol. The van der Waals surface area contributed by atoms with Gasteiger partial charge >= 0.3 is 0 Å². The summed E-state index contributed by atoms with van der Waals surface area (Å²) in [7, 11) is -3.94. The lowest BCUT2D eigenvalue weighted by Gasteiger charge is -2.08. The Labute approximate surface area is 183 Å². The Kier molecular flexibility index (Phi) is 5.75. The van der Waals surface area contributed by atoms with Gasteiger partial charge in [-0.15, -0.1) is 5.10 Å². The fourth-order valence-corrected chi connectivity index (χ4v) is 3.75. The lowest BCUT2D eigenvalue weighted by atomic mass is 10.1. The number of hydrogen-bond acceptors (Lipinski definition) is 5. The van der Waals surface area contributed by atoms with Crippen LogP contribution in [0.3, 0.4) is 0 Å². The van der Waals surface area contributed by atoms with E-state index in [4.69, 9.17) is 16.0 Å². The molecule has 7 nitrogen and oxygen atoms in total. The number of fused-ring (bicyclic) bond motifs is 1. The number of nitrogens with zero attached hydrogens (tertiary/aromatic N) is 1. The van der Waals surface area contributed by atoms with Crippen molar-refractivity contribution in [2.75, 3.05) is 5.32 Å². The van der Waals surface area contributed by atoms with Crippen LogP contribution >= 0.6 is 11.6 Å². The van der Waals surface area contributed by atoms with Gasteiger partial charge in [0, 0.05) is 16.1 Å². The lowest BCUT2D eigenvalue weighted by molar-refractivity contribution is 0.102. The first-order chi connectivity index (χ1) is 14.9. The van der Waals surface area contributed by atoms with Gasteiger partial charge in [-0.2, -0.15) is 13.2 Å². The van der Waals surface area contributed by atoms with Gasteiger partial charge in [0.1, 0.15) is 11.1 Å². The molecule has 156 valence electrons. The van der Waals surface area contributed by atoms with Crippen LogP contribution in [0.4, 0.5) is 5.69 Å². The topological polar surface area (TPSA) is 101 Å². The number of carbonyl (C=O) groups excluding carboxylic acids is 1. The SMILES string of the molecule is O=C(Nc1ccc(Cl)cc1)c1cc2ccccc2o/c1=N\NS(=O)(=O)c1ccccc1. The van der Waals surface area contributed by atoms with Crippen LogP contribution in [0.15, 0.2) is 99.3 Å². The molecule has 9 heteroatoms. The summed E-state index contributed by atoms with van der Waals surface area (Å²) in [5, 5.41) is 7.81. The third kappa shape index (κ3) is 4.76. The maximum atomic E-state index is 12.9. The zero-order valence-corrected chi connectivity index (χ0v) is 17.5. The number of nitrogens with one attached hydrogen (secondary N) is 2. The summed E-state index contributed by atoms with van der Waals surface area (Å²) >= 11 is 5.88. The van der Waals surface area contributed by atoms with E-state index in [-0.39, 0.29) is 16.0 Å². The molecule has 1 aromatic heterocycles. The van der Waals surface area contributed by atoms with Gasteiger partial charge in [-0.25, -0.2) is 0 Å². The van der Waals surface area contributed by atoms with Crippen LogP contribution in [0, 0.1) is 0 Å². The number of sulfonamides is 1. The summed E-state index contributed by atoms with van der Waals surface area (Å²) in [5.41, 5.74) is 0.843. The van der Waals surface area contributed by atoms with E-state index in [1.807, 2.05) is 0 Å². The van der Waals surface area contributed by atoms with Crippen LogP contribution in [0.2, 0.25) is 5.02 Å². The highest BCUT2D eigenvalue weighted by Crippen LogP contribution is 2.16. The second-order valence-corrected chi connectivity index (χ2v) is 8.58. The molecule has 31 heavy (non-hydrogen) atoms. The van der Waals surface area contributed by atoms with E-state index in [1.54, 1.807) is 72.8 Å². The molecule has 0 aliphatic heterocycles. The molecule has 3 aromatic carbocycles. The maximum absolute atomic E-state index is 12.9. The Bertz CT molecular complexity index is 1420. The van der Waals surface area contributed by atoms with Crippen molar-refractivity contribution in [2.24, 2.45) is 5.10 Å². The van der Waals surface area contributed by atoms with Gasteiger partial charge in [0.15, 0.2) is 0 Å². The van der Waals surface area contributed by atoms with E-state index in [2.05, 4.69) is 15.2 Å². The number of halogens is 1. The van der Waals surface area contributed by atoms with E-state index in [9.17, 15) is 13.2 Å². The molecule has 1 heterocycles. The number of amides is 1. The van der Waals surface area contributed by atoms with Gasteiger partial charge in [-0.3, -0.25) is 4.79 Å². The Morgan fingerprint density at radius 3 is 2.32 bits per heavy atom. The van der Waals surface area contributed by atoms with Gasteiger partial charge < -0.3 is 9.73 Å². The Hall–Kier alpha value is -3.62. The normalized spacial score (nSPS) is 12.0. The third-order valence-corrected chi connectivity index (χ3v) is 5.80. The van der Waals surface area contributed by atoms with Crippen LogP contribution in [0.5, 0.6) is 0 Å². The highest BCUT2D eigenvalue weighted by atomic mass is 35.5. The Morgan fingerprint density at radius 2 is 1.58 bits per heavy atom. The van der Waals surface area contributed by atoms with Crippen LogP contribution in [-0.4, -0.2) is 14.3 Å². The highest BCUT2D eigenvalue weighted by Gasteiger charge is 2.16. The fourth-order valence-electron chi connectivity index (χ4n) is 2.80. The lowest BCUT2D eigenvalue weighted by Crippen LogP contribution is -2.27. The molecule has 1 amide bonds. The zero-order valence-electron chi connectivity index (χ0n) is 15.9. The van der Waals surface area contributed by atoms with E-state index in [0.29, 0.717) is 21.7 Å². The molecule has 0 fully saturated rings. The summed E-state index contributed by atoms with van der Waals surface area (Å²) in [6.07, 6.45) is 0. The number of hydrogen-bond donors (Lipinski definition) is 2. The summed E-state index contributed by atoms with van der Waals surface area (Å²) in [4.78, 5) is 15.1. The molecule has 0 aliphatic carbocycles. The van der Waals surface area contributed by atoms with Crippen LogP contribution < -0.4 is 15.7 Å². The summed E-state index contributed by atoms with van der Waals surface area (Å²) in [6.45, 7) is 0. The first-order valence-electron chi connectivity index (χ1n) is 9.13. The first-order valence-corrected chi connectivity index (χ1v) is 11.0. The van der Waals surface area contributed by atoms with Crippen molar-refractivity contribution in [3.8, 4) is 0 Å². The van der Waals surface area contributed by atoms with Gasteiger partial charge in [-0.05, 0) is 48.5 Å². The Morgan fingerprint density at radius 1 is 0.903 bits per heavy atom. The quantitative estimate of drug-likeness (QED) is 0.443. The number of rotatable bonds is 5. The van der Waals surface area contributed by atoms with Crippen molar-refractivity contribution in [1.82, 2.24) is 4.83 Å². The molecule has 0 atom stereocenters. The second kappa shape index (κ2) is 8.63. The maximum Gasteiger partial charge on any atom is 0.276 e. The standard InChI is InChI=1S/C22H16ClN3O4S/c23-16-10-12-17(13-11-16)24-21(27)19-14-15-6-4-5-9-20(15)30-22(19)25-26-31(28,29)18-7-2-1-3-8-18/h1-14,26H,(H,24,27)/b25-22-. The first kappa shape index (κ1) is 20.6. The largest absolute Gasteiger partial charge is 0.436 e. The number of anilines is 1. The predicted octanol–water partition coefficient (Wildman–Crippen LogP) is 4.13. The molecule has 0 spiro atoms. The van der Waals surface area contributed by atoms with E-state index in [1.165, 1.54) is 12.1 Å². The highest BCUT2D eigenvalue weighted by molar-refractivity contribution is 7.89. The van der Waals surface area contributed by atoms with Gasteiger partial charge in [0.2, 0.25) is 5.55 Å². The minimum atomic E-state index is -3.94. The Balaban J connectivity index is 1.75. The number of para-hydroxylation sites is 1. The molecule has 4 aromatic rings. The van der Waals surface area contributed by atoms with Crippen molar-refractivity contribution in [2.45, 2.75) is 4.90 Å². The number of benzene rings is 3. The van der Waals surface area contributed by atoms with Gasteiger partial charge in [0.25, 0.3) is 15.9 Å². The van der Waals surface area contributed by atoms with Crippen LogP contribution in [0.1, 0.15) is 10.4 Å². The van der Waals surface area contributed by atoms with Crippen molar-refractivity contribution >= 4 is 44.2 Å². The van der Waals surface area contributed by atoms with E-state index in [0.717, 1.165) is 0 Å². The molecule has 0 saturated carbocycles. The average Bonchev–Trinajstić information content (AvgIpc) is 2.79. The summed E-state index contributed by atoms with van der Waals surface area (Å²) < 4.78 is 30.8. The number of carbonyl (C=O) groups is 1. The molecule has 4 rings (SSSR count). The smallest absolute Gasteiger partial charge is 0.276 e. The minimum Gasteiger partial charge on any atom is -0.436 e. The molecule has 0 bridgehead atoms. The summed E-state index contributed by atoms with van der Waals surface area (Å²) in [5.74, 6) is -0.519. The van der Waals surface area contributed by atoms with Crippen LogP contribution in [0.25, 0.3) is 11.0 Å². The molecule has 0 unspecified atom stereocenters. The van der Waals surface area contributed by atoms with Crippen molar-refractivity contribution in [1.29, 1.82) is 0 Å². The monoisotopic (exact) mass is 453 g/mol. The molecular weight excluding hydrogens is 438 g/mol. The molecule has 0 aliphatic rings. The van der Waals surface area contributed by atoms with E-state index < -0.39 is 15.9 Å². The molecular formula is C22H16ClN3O4S. The van der Waals surface area contributed by atoms with Crippen molar-refractivity contribution in [3.05, 3.63) is 101 Å². The molecule has 0 radical (unpaired) electrons. The predicted molar refractivity (Wildman–Crippen MR) is 118 cm³/mol. The fraction of sp³-hybridized carbons (Fsp3) is 0. The van der Waals surface area contributed by atoms with Crippen molar-refractivity contribution < 1.29 is 17.6 Å². The summed E-state index contributed by atoms with van der Waals surface area (Å²) in [6, 6.07) is 22.9. The van der Waals surface area contributed by atoms with Crippen molar-refractivity contribution in [3.63, 3.8) is 0 Å².